The van der Waals surface area contributed by atoms with Gasteiger partial charge in [0.2, 0.25) is 0 Å². The fourth-order valence-electron chi connectivity index (χ4n) is 4.49. The second kappa shape index (κ2) is 16.0. The van der Waals surface area contributed by atoms with Gasteiger partial charge in [0.1, 0.15) is 19.4 Å². The second-order valence-corrected chi connectivity index (χ2v) is 10.4. The van der Waals surface area contributed by atoms with Crippen molar-refractivity contribution < 1.29 is 43.0 Å². The van der Waals surface area contributed by atoms with Crippen molar-refractivity contribution in [3.05, 3.63) is 62.5 Å². The van der Waals surface area contributed by atoms with Crippen molar-refractivity contribution in [1.82, 2.24) is 4.90 Å². The van der Waals surface area contributed by atoms with Gasteiger partial charge in [-0.3, -0.25) is 14.9 Å². The van der Waals surface area contributed by atoms with E-state index in [1.807, 2.05) is 13.8 Å². The summed E-state index contributed by atoms with van der Waals surface area (Å²) >= 11 is 0. The van der Waals surface area contributed by atoms with E-state index in [4.69, 9.17) is 29.4 Å². The molecule has 232 valence electrons. The quantitative estimate of drug-likeness (QED) is 0.0787. The molecule has 0 saturated carbocycles. The molecule has 1 aromatic carbocycles. The van der Waals surface area contributed by atoms with Gasteiger partial charge in [0.25, 0.3) is 5.69 Å². The molecule has 0 radical (unpaired) electrons. The maximum atomic E-state index is 13.5. The van der Waals surface area contributed by atoms with Crippen molar-refractivity contribution in [2.45, 2.75) is 66.0 Å². The van der Waals surface area contributed by atoms with E-state index < -0.39 is 47.7 Å². The van der Waals surface area contributed by atoms with Gasteiger partial charge in [0, 0.05) is 30.6 Å². The number of carbonyl (C=O) groups is 3. The Bertz CT molecular complexity index is 1210. The van der Waals surface area contributed by atoms with Gasteiger partial charge in [-0.25, -0.2) is 9.59 Å². The molecule has 1 aliphatic heterocycles. The molecule has 0 aromatic heterocycles. The first kappa shape index (κ1) is 34.4. The summed E-state index contributed by atoms with van der Waals surface area (Å²) in [6.07, 6.45) is -0.0457. The summed E-state index contributed by atoms with van der Waals surface area (Å²) in [7, 11) is 1.46. The van der Waals surface area contributed by atoms with Crippen LogP contribution in [0, 0.1) is 16.0 Å². The molecule has 42 heavy (non-hydrogen) atoms. The summed E-state index contributed by atoms with van der Waals surface area (Å²) in [5, 5.41) is 11.6. The minimum atomic E-state index is -1.05. The zero-order valence-corrected chi connectivity index (χ0v) is 25.2. The van der Waals surface area contributed by atoms with Crippen molar-refractivity contribution in [3.8, 4) is 0 Å². The van der Waals surface area contributed by atoms with E-state index in [-0.39, 0.29) is 42.7 Å². The van der Waals surface area contributed by atoms with Crippen LogP contribution in [0.5, 0.6) is 0 Å². The average molecular weight is 592 g/mol. The van der Waals surface area contributed by atoms with Gasteiger partial charge in [-0.2, -0.15) is 0 Å². The first-order valence-corrected chi connectivity index (χ1v) is 13.6. The molecule has 2 N–H and O–H groups in total. The molecular formula is C29H41N3O10. The highest BCUT2D eigenvalue weighted by molar-refractivity contribution is 6.00. The summed E-state index contributed by atoms with van der Waals surface area (Å²) in [4.78, 5) is 51.8. The van der Waals surface area contributed by atoms with Gasteiger partial charge in [0.05, 0.1) is 34.7 Å². The number of hydrogen-bond donors (Lipinski definition) is 1. The Morgan fingerprint density at radius 3 is 2.24 bits per heavy atom. The fraction of sp³-hybridized carbons (Fsp3) is 0.552. The van der Waals surface area contributed by atoms with Gasteiger partial charge in [-0.1, -0.05) is 26.0 Å². The molecule has 2 atom stereocenters. The number of non-ortho nitro benzene ring substituents is 1. The number of nitrogens with zero attached hydrogens (tertiary/aromatic N) is 2. The van der Waals surface area contributed by atoms with Crippen LogP contribution < -0.4 is 5.73 Å². The zero-order valence-electron chi connectivity index (χ0n) is 25.2. The van der Waals surface area contributed by atoms with Gasteiger partial charge in [-0.15, -0.1) is 0 Å². The van der Waals surface area contributed by atoms with Crippen LogP contribution in [0.3, 0.4) is 0 Å². The average Bonchev–Trinajstić information content (AvgIpc) is 2.91. The smallest absolute Gasteiger partial charge is 0.337 e. The Hall–Kier alpha value is -3.81. The number of methoxy groups -OCH3 is 1. The van der Waals surface area contributed by atoms with Gasteiger partial charge in [-0.05, 0) is 45.6 Å². The Balaban J connectivity index is 2.54. The van der Waals surface area contributed by atoms with Crippen molar-refractivity contribution in [1.29, 1.82) is 0 Å². The topological polar surface area (TPSA) is 170 Å². The van der Waals surface area contributed by atoms with E-state index in [9.17, 15) is 24.5 Å². The maximum Gasteiger partial charge on any atom is 0.337 e. The summed E-state index contributed by atoms with van der Waals surface area (Å²) in [5.41, 5.74) is 6.87. The number of nitro groups is 1. The van der Waals surface area contributed by atoms with Crippen molar-refractivity contribution in [3.63, 3.8) is 0 Å². The molecule has 1 aliphatic rings. The third kappa shape index (κ3) is 9.10. The molecule has 0 spiro atoms. The SMILES string of the molecule is COCCOC(=O)C1=C(C)N(COCOC(=O)[C@@H](N)CC(C)C)C(C)=C(C(=O)OC(C)C)C1c1cccc([N+](=O)[O-])c1. The number of rotatable bonds is 15. The van der Waals surface area contributed by atoms with Crippen LogP contribution in [0.1, 0.15) is 59.4 Å². The predicted molar refractivity (Wildman–Crippen MR) is 151 cm³/mol. The number of ether oxygens (including phenoxy) is 5. The highest BCUT2D eigenvalue weighted by atomic mass is 16.7. The zero-order chi connectivity index (χ0) is 31.6. The van der Waals surface area contributed by atoms with Crippen molar-refractivity contribution in [2.24, 2.45) is 11.7 Å². The first-order valence-electron chi connectivity index (χ1n) is 13.6. The van der Waals surface area contributed by atoms with E-state index in [1.54, 1.807) is 38.7 Å². The molecule has 1 heterocycles. The Morgan fingerprint density at radius 2 is 1.67 bits per heavy atom. The van der Waals surface area contributed by atoms with Crippen LogP contribution >= 0.6 is 0 Å². The lowest BCUT2D eigenvalue weighted by molar-refractivity contribution is -0.384. The number of nitro benzene ring substituents is 1. The van der Waals surface area contributed by atoms with E-state index in [2.05, 4.69) is 0 Å². The van der Waals surface area contributed by atoms with Gasteiger partial charge < -0.3 is 34.3 Å². The second-order valence-electron chi connectivity index (χ2n) is 10.4. The molecule has 0 fully saturated rings. The lowest BCUT2D eigenvalue weighted by atomic mass is 9.79. The van der Waals surface area contributed by atoms with Crippen LogP contribution in [0.15, 0.2) is 46.8 Å². The third-order valence-corrected chi connectivity index (χ3v) is 6.42. The Morgan fingerprint density at radius 1 is 1.02 bits per heavy atom. The number of carbonyl (C=O) groups excluding carboxylic acids is 3. The molecule has 13 heteroatoms. The number of hydrogen-bond acceptors (Lipinski definition) is 12. The molecular weight excluding hydrogens is 550 g/mol. The number of esters is 3. The van der Waals surface area contributed by atoms with Crippen LogP contribution in [-0.4, -0.2) is 73.7 Å². The number of benzene rings is 1. The summed E-state index contributed by atoms with van der Waals surface area (Å²) in [5.74, 6) is -2.93. The van der Waals surface area contributed by atoms with Crippen molar-refractivity contribution >= 4 is 23.6 Å². The molecule has 13 nitrogen and oxygen atoms in total. The molecule has 1 aromatic rings. The minimum absolute atomic E-state index is 0.0625. The normalized spacial score (nSPS) is 16.1. The molecule has 0 aliphatic carbocycles. The first-order chi connectivity index (χ1) is 19.8. The minimum Gasteiger partial charge on any atom is -0.460 e. The monoisotopic (exact) mass is 591 g/mol. The summed E-state index contributed by atoms with van der Waals surface area (Å²) in [6, 6.07) is 4.90. The maximum absolute atomic E-state index is 13.5. The van der Waals surface area contributed by atoms with Crippen LogP contribution in [-0.2, 0) is 38.1 Å². The molecule has 2 rings (SSSR count). The Kier molecular flexibility index (Phi) is 13.1. The van der Waals surface area contributed by atoms with Crippen molar-refractivity contribution in [2.75, 3.05) is 33.8 Å². The number of nitrogens with two attached hydrogens (primary N) is 1. The fourth-order valence-corrected chi connectivity index (χ4v) is 4.49. The van der Waals surface area contributed by atoms with E-state index in [0.717, 1.165) is 0 Å². The van der Waals surface area contributed by atoms with E-state index in [0.29, 0.717) is 23.4 Å². The van der Waals surface area contributed by atoms with Crippen LogP contribution in [0.4, 0.5) is 5.69 Å². The lowest BCUT2D eigenvalue weighted by Gasteiger charge is -2.37. The third-order valence-electron chi connectivity index (χ3n) is 6.42. The molecule has 0 bridgehead atoms. The highest BCUT2D eigenvalue weighted by Crippen LogP contribution is 2.43. The van der Waals surface area contributed by atoms with Gasteiger partial charge >= 0.3 is 17.9 Å². The van der Waals surface area contributed by atoms with Crippen LogP contribution in [0.25, 0.3) is 0 Å². The molecule has 1 unspecified atom stereocenters. The largest absolute Gasteiger partial charge is 0.460 e. The standard InChI is InChI=1S/C29H41N3O10/c1-17(2)13-23(30)27(33)41-16-39-15-31-19(5)24(28(34)40-12-11-38-7)26(21-9-8-10-22(14-21)32(36)37)25(20(31)6)29(35)42-18(3)4/h8-10,14,17-18,23,26H,11-13,15-16,30H2,1-7H3/t23-,26?/m0/s1. The highest BCUT2D eigenvalue weighted by Gasteiger charge is 2.41. The van der Waals surface area contributed by atoms with Crippen LogP contribution in [0.2, 0.25) is 0 Å². The summed E-state index contributed by atoms with van der Waals surface area (Å²) < 4.78 is 26.7. The number of allylic oxidation sites excluding steroid dienone is 2. The Labute approximate surface area is 245 Å². The lowest BCUT2D eigenvalue weighted by Crippen LogP contribution is -2.38. The summed E-state index contributed by atoms with van der Waals surface area (Å²) in [6.45, 7) is 9.95. The van der Waals surface area contributed by atoms with E-state index in [1.165, 1.54) is 25.3 Å². The molecule has 0 saturated heterocycles. The predicted octanol–water partition coefficient (Wildman–Crippen LogP) is 3.53. The van der Waals surface area contributed by atoms with E-state index >= 15 is 0 Å². The van der Waals surface area contributed by atoms with Gasteiger partial charge in [0.15, 0.2) is 6.79 Å². The molecule has 0 amide bonds.